The van der Waals surface area contributed by atoms with E-state index in [4.69, 9.17) is 16.0 Å². The highest BCUT2D eigenvalue weighted by Gasteiger charge is 2.32. The van der Waals surface area contributed by atoms with Crippen LogP contribution in [0, 0.1) is 6.57 Å². The van der Waals surface area contributed by atoms with Crippen LogP contribution < -0.4 is 10.5 Å². The molecule has 0 saturated carbocycles. The summed E-state index contributed by atoms with van der Waals surface area (Å²) < 4.78 is 12.4. The predicted molar refractivity (Wildman–Crippen MR) is 108 cm³/mol. The molecule has 3 rings (SSSR count). The lowest BCUT2D eigenvalue weighted by Crippen LogP contribution is -2.55. The molecule has 0 radical (unpaired) electrons. The molecule has 29 heavy (non-hydrogen) atoms. The summed E-state index contributed by atoms with van der Waals surface area (Å²) in [5.74, 6) is 0. The minimum absolute atomic E-state index is 0.0479. The largest absolute Gasteiger partial charge is 0.444 e. The number of ether oxygens (including phenoxy) is 2. The summed E-state index contributed by atoms with van der Waals surface area (Å²) in [7, 11) is 0. The van der Waals surface area contributed by atoms with Gasteiger partial charge < -0.3 is 19.3 Å². The molecule has 0 aromatic carbocycles. The van der Waals surface area contributed by atoms with Gasteiger partial charge in [0, 0.05) is 32.3 Å². The highest BCUT2D eigenvalue weighted by Crippen LogP contribution is 2.29. The number of anilines is 1. The van der Waals surface area contributed by atoms with Crippen molar-refractivity contribution in [3.8, 4) is 0 Å². The first kappa shape index (κ1) is 21.1. The monoisotopic (exact) mass is 403 g/mol. The minimum atomic E-state index is -0.551. The van der Waals surface area contributed by atoms with Crippen LogP contribution >= 0.6 is 0 Å². The zero-order valence-corrected chi connectivity index (χ0v) is 17.6. The molecule has 3 heterocycles. The number of carbonyl (C=O) groups excluding carboxylic acids is 1. The number of hydrogen-bond donors (Lipinski definition) is 0. The Morgan fingerprint density at radius 2 is 2.10 bits per heavy atom. The van der Waals surface area contributed by atoms with E-state index in [1.165, 1.54) is 4.68 Å². The summed E-state index contributed by atoms with van der Waals surface area (Å²) in [6.45, 7) is 17.0. The third-order valence-corrected chi connectivity index (χ3v) is 5.09. The third-order valence-electron chi connectivity index (χ3n) is 5.09. The summed E-state index contributed by atoms with van der Waals surface area (Å²) >= 11 is 0. The summed E-state index contributed by atoms with van der Waals surface area (Å²) in [5, 5.41) is 4.31. The maximum Gasteiger partial charge on any atom is 0.410 e. The Morgan fingerprint density at radius 1 is 1.34 bits per heavy atom. The number of aromatic nitrogens is 2. The highest BCUT2D eigenvalue weighted by atomic mass is 16.6. The molecule has 9 heteroatoms. The van der Waals surface area contributed by atoms with Gasteiger partial charge in [0.25, 0.3) is 11.2 Å². The van der Waals surface area contributed by atoms with Crippen molar-refractivity contribution in [3.63, 3.8) is 0 Å². The maximum atomic E-state index is 12.9. The molecule has 1 unspecified atom stereocenters. The van der Waals surface area contributed by atoms with Crippen molar-refractivity contribution in [3.05, 3.63) is 28.0 Å². The Labute approximate surface area is 171 Å². The zero-order valence-electron chi connectivity index (χ0n) is 17.6. The third kappa shape index (κ3) is 4.70. The minimum Gasteiger partial charge on any atom is -0.444 e. The fraction of sp³-hybridized carbons (Fsp3) is 0.700. The summed E-state index contributed by atoms with van der Waals surface area (Å²) in [4.78, 5) is 32.4. The highest BCUT2D eigenvalue weighted by molar-refractivity contribution is 5.71. The van der Waals surface area contributed by atoms with Crippen molar-refractivity contribution in [2.24, 2.45) is 0 Å². The molecule has 1 amide bonds. The number of hydrogen-bond acceptors (Lipinski definition) is 6. The van der Waals surface area contributed by atoms with E-state index < -0.39 is 17.4 Å². The molecular formula is C20H29N5O4. The van der Waals surface area contributed by atoms with Gasteiger partial charge in [-0.25, -0.2) is 14.3 Å². The van der Waals surface area contributed by atoms with Crippen LogP contribution in [0.25, 0.3) is 4.85 Å². The Balaban J connectivity index is 1.79. The fourth-order valence-corrected chi connectivity index (χ4v) is 3.69. The first-order valence-electron chi connectivity index (χ1n) is 10.1. The number of piperazine rings is 1. The molecule has 0 aliphatic carbocycles. The second-order valence-electron chi connectivity index (χ2n) is 8.53. The SMILES string of the molecule is [C-]#[N+]c1c(N2CCN(C(=O)OC(C)(C)C)C[C@H]2C)cnn(C2CCCCO2)c1=O. The lowest BCUT2D eigenvalue weighted by molar-refractivity contribution is -0.0422. The van der Waals surface area contributed by atoms with Gasteiger partial charge in [-0.3, -0.25) is 4.79 Å². The van der Waals surface area contributed by atoms with Crippen molar-refractivity contribution >= 4 is 17.5 Å². The van der Waals surface area contributed by atoms with E-state index in [0.29, 0.717) is 38.3 Å². The molecule has 2 saturated heterocycles. The standard InChI is InChI=1S/C20H29N5O4/c1-14-13-23(19(27)29-20(2,3)4)9-10-24(14)15-12-22-25(18(26)17(15)21-5)16-8-6-7-11-28-16/h12,14,16H,6-11,13H2,1-4H3/t14-,16?/m1/s1. The Bertz CT molecular complexity index is 848. The van der Waals surface area contributed by atoms with Crippen LogP contribution in [0.2, 0.25) is 0 Å². The van der Waals surface area contributed by atoms with Crippen LogP contribution in [0.1, 0.15) is 53.2 Å². The van der Waals surface area contributed by atoms with E-state index in [1.54, 1.807) is 11.1 Å². The fourth-order valence-electron chi connectivity index (χ4n) is 3.69. The maximum absolute atomic E-state index is 12.9. The van der Waals surface area contributed by atoms with Crippen molar-refractivity contribution < 1.29 is 14.3 Å². The normalized spacial score (nSPS) is 22.9. The van der Waals surface area contributed by atoms with Crippen LogP contribution in [0.4, 0.5) is 16.2 Å². The van der Waals surface area contributed by atoms with Gasteiger partial charge in [0.2, 0.25) is 0 Å². The molecule has 0 spiro atoms. The van der Waals surface area contributed by atoms with Crippen LogP contribution in [0.15, 0.2) is 11.0 Å². The van der Waals surface area contributed by atoms with Crippen molar-refractivity contribution in [2.45, 2.75) is 64.8 Å². The number of rotatable bonds is 2. The van der Waals surface area contributed by atoms with E-state index in [9.17, 15) is 9.59 Å². The van der Waals surface area contributed by atoms with E-state index in [-0.39, 0.29) is 17.8 Å². The molecule has 9 nitrogen and oxygen atoms in total. The van der Waals surface area contributed by atoms with Crippen molar-refractivity contribution in [2.75, 3.05) is 31.1 Å². The first-order chi connectivity index (χ1) is 13.7. The van der Waals surface area contributed by atoms with Crippen LogP contribution in [0.5, 0.6) is 0 Å². The van der Waals surface area contributed by atoms with Gasteiger partial charge in [-0.15, -0.1) is 0 Å². The van der Waals surface area contributed by atoms with Gasteiger partial charge in [0.15, 0.2) is 6.23 Å². The van der Waals surface area contributed by atoms with E-state index >= 15 is 0 Å². The van der Waals surface area contributed by atoms with Gasteiger partial charge in [-0.2, -0.15) is 5.10 Å². The van der Waals surface area contributed by atoms with E-state index in [1.807, 2.05) is 32.6 Å². The molecule has 2 aliphatic rings. The van der Waals surface area contributed by atoms with Crippen molar-refractivity contribution in [1.29, 1.82) is 0 Å². The zero-order chi connectivity index (χ0) is 21.2. The predicted octanol–water partition coefficient (Wildman–Crippen LogP) is 2.94. The Morgan fingerprint density at radius 3 is 2.69 bits per heavy atom. The van der Waals surface area contributed by atoms with Gasteiger partial charge in [0.1, 0.15) is 5.60 Å². The number of amides is 1. The summed E-state index contributed by atoms with van der Waals surface area (Å²) in [6, 6.07) is -0.0836. The molecule has 2 fully saturated rings. The molecule has 0 N–H and O–H groups in total. The van der Waals surface area contributed by atoms with E-state index in [0.717, 1.165) is 12.8 Å². The lowest BCUT2D eigenvalue weighted by Gasteiger charge is -2.41. The van der Waals surface area contributed by atoms with Crippen molar-refractivity contribution in [1.82, 2.24) is 14.7 Å². The van der Waals surface area contributed by atoms with Crippen LogP contribution in [0.3, 0.4) is 0 Å². The average Bonchev–Trinajstić information content (AvgIpc) is 2.67. The molecule has 0 bridgehead atoms. The molecule has 158 valence electrons. The van der Waals surface area contributed by atoms with Gasteiger partial charge in [0.05, 0.1) is 18.5 Å². The first-order valence-corrected chi connectivity index (χ1v) is 10.1. The summed E-state index contributed by atoms with van der Waals surface area (Å²) in [6.07, 6.45) is 3.47. The molecule has 1 aromatic rings. The topological polar surface area (TPSA) is 81.3 Å². The average molecular weight is 403 g/mol. The molecule has 2 atom stereocenters. The molecule has 1 aromatic heterocycles. The van der Waals surface area contributed by atoms with Gasteiger partial charge >= 0.3 is 6.09 Å². The number of nitrogens with zero attached hydrogens (tertiary/aromatic N) is 5. The molecule has 2 aliphatic heterocycles. The second-order valence-corrected chi connectivity index (χ2v) is 8.53. The Hall–Kier alpha value is -2.60. The number of carbonyl (C=O) groups is 1. The van der Waals surface area contributed by atoms with E-state index in [2.05, 4.69) is 9.94 Å². The second kappa shape index (κ2) is 8.41. The quantitative estimate of drug-likeness (QED) is 0.707. The molecular weight excluding hydrogens is 374 g/mol. The van der Waals surface area contributed by atoms with Gasteiger partial charge in [-0.1, -0.05) is 0 Å². The summed E-state index contributed by atoms with van der Waals surface area (Å²) in [5.41, 5.74) is -0.420. The van der Waals surface area contributed by atoms with Gasteiger partial charge in [-0.05, 0) is 47.0 Å². The van der Waals surface area contributed by atoms with Crippen LogP contribution in [-0.4, -0.2) is 58.7 Å². The lowest BCUT2D eigenvalue weighted by atomic mass is 10.1. The smallest absolute Gasteiger partial charge is 0.410 e. The van der Waals surface area contributed by atoms with Crippen LogP contribution in [-0.2, 0) is 9.47 Å². The Kier molecular flexibility index (Phi) is 6.13.